The molecule has 0 aliphatic carbocycles. The number of hydrogen-bond donors (Lipinski definition) is 0. The van der Waals surface area contributed by atoms with Gasteiger partial charge in [-0.15, -0.1) is 0 Å². The van der Waals surface area contributed by atoms with Crippen molar-refractivity contribution in [1.82, 2.24) is 0 Å². The summed E-state index contributed by atoms with van der Waals surface area (Å²) in [4.78, 5) is 0. The molecule has 0 fully saturated rings. The molecule has 0 atom stereocenters. The number of ether oxygens (including phenoxy) is 1. The summed E-state index contributed by atoms with van der Waals surface area (Å²) in [5.74, 6) is 0. The van der Waals surface area contributed by atoms with E-state index in [9.17, 15) is 0 Å². The molecule has 0 bridgehead atoms. The van der Waals surface area contributed by atoms with Gasteiger partial charge >= 0.3 is 0 Å². The third-order valence-electron chi connectivity index (χ3n) is 3.41. The summed E-state index contributed by atoms with van der Waals surface area (Å²) in [6.45, 7) is 10.4. The molecule has 18 heavy (non-hydrogen) atoms. The molecule has 0 aliphatic rings. The molecule has 0 unspecified atom stereocenters. The monoisotopic (exact) mass is 250 g/mol. The van der Waals surface area contributed by atoms with Crippen LogP contribution in [0.4, 0.5) is 0 Å². The topological polar surface area (TPSA) is 13.1 Å². The minimum Gasteiger partial charge on any atom is -0.323 e. The van der Waals surface area contributed by atoms with E-state index in [0.717, 1.165) is 19.4 Å². The highest BCUT2D eigenvalue weighted by atomic mass is 16.5. The van der Waals surface area contributed by atoms with Gasteiger partial charge in [-0.3, -0.25) is 0 Å². The molecule has 0 saturated carbocycles. The van der Waals surface area contributed by atoms with Gasteiger partial charge in [0.1, 0.15) is 0 Å². The van der Waals surface area contributed by atoms with E-state index in [1.54, 1.807) is 0 Å². The quantitative estimate of drug-likeness (QED) is 0.508. The van der Waals surface area contributed by atoms with Crippen LogP contribution in [0, 0.1) is 6.92 Å². The van der Waals surface area contributed by atoms with E-state index in [0.29, 0.717) is 6.73 Å². The summed E-state index contributed by atoms with van der Waals surface area (Å²) in [6, 6.07) is 0. The van der Waals surface area contributed by atoms with Gasteiger partial charge in [0.15, 0.2) is 12.4 Å². The predicted octanol–water partition coefficient (Wildman–Crippen LogP) is 3.57. The van der Waals surface area contributed by atoms with Gasteiger partial charge in [0.2, 0.25) is 0 Å². The van der Waals surface area contributed by atoms with E-state index in [-0.39, 0.29) is 0 Å². The maximum Gasteiger partial charge on any atom is 0.252 e. The van der Waals surface area contributed by atoms with Gasteiger partial charge < -0.3 is 4.74 Å². The van der Waals surface area contributed by atoms with Crippen molar-refractivity contribution < 1.29 is 9.30 Å². The van der Waals surface area contributed by atoms with E-state index in [1.165, 1.54) is 36.0 Å². The number of nitrogens with zero attached hydrogens (tertiary/aromatic N) is 1. The highest BCUT2D eigenvalue weighted by Gasteiger charge is 2.10. The molecule has 2 heteroatoms. The van der Waals surface area contributed by atoms with Crippen LogP contribution in [-0.2, 0) is 24.3 Å². The Morgan fingerprint density at radius 1 is 1.06 bits per heavy atom. The second-order valence-corrected chi connectivity index (χ2v) is 4.91. The molecular weight excluding hydrogens is 222 g/mol. The lowest BCUT2D eigenvalue weighted by Crippen LogP contribution is -2.36. The van der Waals surface area contributed by atoms with E-state index in [4.69, 9.17) is 4.74 Å². The van der Waals surface area contributed by atoms with Crippen molar-refractivity contribution in [2.24, 2.45) is 0 Å². The zero-order valence-corrected chi connectivity index (χ0v) is 12.5. The van der Waals surface area contributed by atoms with Crippen LogP contribution in [0.5, 0.6) is 0 Å². The SMILES string of the molecule is CCCCCOC[n+]1cc(C)c(CC)c(CC)c1. The average Bonchev–Trinajstić information content (AvgIpc) is 2.37. The van der Waals surface area contributed by atoms with Crippen molar-refractivity contribution in [2.75, 3.05) is 6.61 Å². The molecule has 0 N–H and O–H groups in total. The third kappa shape index (κ3) is 4.41. The van der Waals surface area contributed by atoms with Crippen LogP contribution in [-0.4, -0.2) is 6.61 Å². The van der Waals surface area contributed by atoms with Crippen molar-refractivity contribution in [3.8, 4) is 0 Å². The molecule has 1 rings (SSSR count). The Kier molecular flexibility index (Phi) is 6.96. The number of aromatic nitrogens is 1. The van der Waals surface area contributed by atoms with Gasteiger partial charge in [-0.1, -0.05) is 33.6 Å². The van der Waals surface area contributed by atoms with Crippen LogP contribution in [0.15, 0.2) is 12.4 Å². The lowest BCUT2D eigenvalue weighted by molar-refractivity contribution is -0.733. The summed E-state index contributed by atoms with van der Waals surface area (Å²) in [6.07, 6.45) is 10.3. The molecule has 2 nitrogen and oxygen atoms in total. The summed E-state index contributed by atoms with van der Waals surface area (Å²) in [7, 11) is 0. The number of rotatable bonds is 8. The molecular formula is C16H28NO+. The van der Waals surface area contributed by atoms with Gasteiger partial charge in [-0.25, -0.2) is 0 Å². The second kappa shape index (κ2) is 8.25. The van der Waals surface area contributed by atoms with Gasteiger partial charge in [0.25, 0.3) is 6.73 Å². The van der Waals surface area contributed by atoms with Crippen molar-refractivity contribution in [2.45, 2.75) is 66.5 Å². The van der Waals surface area contributed by atoms with Crippen molar-refractivity contribution >= 4 is 0 Å². The van der Waals surface area contributed by atoms with Gasteiger partial charge in [-0.2, -0.15) is 4.57 Å². The molecule has 0 amide bonds. The lowest BCUT2D eigenvalue weighted by atomic mass is 10.0. The maximum absolute atomic E-state index is 5.71. The highest BCUT2D eigenvalue weighted by Crippen LogP contribution is 2.12. The first-order valence-electron chi connectivity index (χ1n) is 7.32. The Balaban J connectivity index is 2.58. The fourth-order valence-electron chi connectivity index (χ4n) is 2.40. The first-order chi connectivity index (χ1) is 8.72. The second-order valence-electron chi connectivity index (χ2n) is 4.91. The van der Waals surface area contributed by atoms with Crippen LogP contribution in [0.2, 0.25) is 0 Å². The third-order valence-corrected chi connectivity index (χ3v) is 3.41. The average molecular weight is 250 g/mol. The van der Waals surface area contributed by atoms with Crippen LogP contribution in [0.3, 0.4) is 0 Å². The molecule has 1 heterocycles. The standard InChI is InChI=1S/C16H28NO/c1-5-8-9-10-18-13-17-11-14(4)16(7-3)15(6-2)12-17/h11-12H,5-10,13H2,1-4H3/q+1. The number of hydrogen-bond acceptors (Lipinski definition) is 1. The predicted molar refractivity (Wildman–Crippen MR) is 75.6 cm³/mol. The highest BCUT2D eigenvalue weighted by molar-refractivity contribution is 5.28. The molecule has 102 valence electrons. The molecule has 1 aromatic rings. The molecule has 0 aromatic carbocycles. The molecule has 1 aromatic heterocycles. The van der Waals surface area contributed by atoms with E-state index in [2.05, 4.69) is 44.7 Å². The Hall–Kier alpha value is -0.890. The Morgan fingerprint density at radius 3 is 2.44 bits per heavy atom. The molecule has 0 spiro atoms. The van der Waals surface area contributed by atoms with Crippen molar-refractivity contribution in [3.63, 3.8) is 0 Å². The zero-order chi connectivity index (χ0) is 13.4. The first-order valence-corrected chi connectivity index (χ1v) is 7.32. The minimum atomic E-state index is 0.682. The van der Waals surface area contributed by atoms with Crippen molar-refractivity contribution in [3.05, 3.63) is 29.1 Å². The Labute approximate surface area is 112 Å². The smallest absolute Gasteiger partial charge is 0.252 e. The molecule has 0 saturated heterocycles. The summed E-state index contributed by atoms with van der Waals surface area (Å²) < 4.78 is 7.89. The fraction of sp³-hybridized carbons (Fsp3) is 0.688. The number of pyridine rings is 1. The van der Waals surface area contributed by atoms with E-state index in [1.807, 2.05) is 0 Å². The van der Waals surface area contributed by atoms with Crippen LogP contribution >= 0.6 is 0 Å². The summed E-state index contributed by atoms with van der Waals surface area (Å²) in [5, 5.41) is 0. The minimum absolute atomic E-state index is 0.682. The largest absolute Gasteiger partial charge is 0.323 e. The Bertz CT molecular complexity index is 360. The van der Waals surface area contributed by atoms with Gasteiger partial charge in [0.05, 0.1) is 6.61 Å². The maximum atomic E-state index is 5.71. The fourth-order valence-corrected chi connectivity index (χ4v) is 2.40. The normalized spacial score (nSPS) is 10.9. The van der Waals surface area contributed by atoms with E-state index < -0.39 is 0 Å². The van der Waals surface area contributed by atoms with Crippen LogP contribution in [0.25, 0.3) is 0 Å². The summed E-state index contributed by atoms with van der Waals surface area (Å²) >= 11 is 0. The van der Waals surface area contributed by atoms with Crippen LogP contribution < -0.4 is 4.57 Å². The van der Waals surface area contributed by atoms with Crippen molar-refractivity contribution in [1.29, 1.82) is 0 Å². The Morgan fingerprint density at radius 2 is 1.83 bits per heavy atom. The van der Waals surface area contributed by atoms with Gasteiger partial charge in [-0.05, 0) is 31.7 Å². The zero-order valence-electron chi connectivity index (χ0n) is 12.5. The first kappa shape index (κ1) is 15.2. The molecule has 0 aliphatic heterocycles. The number of unbranched alkanes of at least 4 members (excludes halogenated alkanes) is 2. The number of aryl methyl sites for hydroxylation is 2. The summed E-state index contributed by atoms with van der Waals surface area (Å²) in [5.41, 5.74) is 4.34. The van der Waals surface area contributed by atoms with Crippen LogP contribution in [0.1, 0.15) is 56.7 Å². The molecule has 0 radical (unpaired) electrons. The lowest BCUT2D eigenvalue weighted by Gasteiger charge is -2.08. The van der Waals surface area contributed by atoms with E-state index >= 15 is 0 Å². The van der Waals surface area contributed by atoms with Gasteiger partial charge in [0, 0.05) is 11.1 Å².